The molecule has 0 radical (unpaired) electrons. The summed E-state index contributed by atoms with van der Waals surface area (Å²) in [4.78, 5) is 26.4. The van der Waals surface area contributed by atoms with E-state index in [1.54, 1.807) is 17.7 Å². The minimum absolute atomic E-state index is 0.179. The minimum atomic E-state index is -0.232. The standard InChI is InChI=1S/C28H24N2O4S/c1-33-15-14-29-27(31)24-17-30-25(26-23(24)13-16-35-26)12-11-22(28(30)32)20-7-9-21(10-8-20)34-18-19-5-3-2-4-6-19/h2-13,16-17H,14-15,18H2,1H3,(H,29,31). The number of pyridine rings is 2. The smallest absolute Gasteiger partial charge is 0.263 e. The van der Waals surface area contributed by atoms with Gasteiger partial charge in [0.05, 0.1) is 22.4 Å². The Bertz CT molecular complexity index is 1540. The fraction of sp³-hybridized carbons (Fsp3) is 0.143. The molecule has 3 aromatic heterocycles. The fourth-order valence-electron chi connectivity index (χ4n) is 4.02. The Kier molecular flexibility index (Phi) is 6.61. The van der Waals surface area contributed by atoms with Crippen LogP contribution in [0.15, 0.2) is 89.2 Å². The van der Waals surface area contributed by atoms with Crippen molar-refractivity contribution in [1.82, 2.24) is 9.72 Å². The summed E-state index contributed by atoms with van der Waals surface area (Å²) in [6.07, 6.45) is 1.63. The molecular weight excluding hydrogens is 460 g/mol. The molecule has 2 aromatic carbocycles. The first kappa shape index (κ1) is 22.8. The zero-order valence-corrected chi connectivity index (χ0v) is 20.0. The second-order valence-electron chi connectivity index (χ2n) is 8.06. The quantitative estimate of drug-likeness (QED) is 0.310. The highest BCUT2D eigenvalue weighted by Gasteiger charge is 2.16. The Morgan fingerprint density at radius 2 is 1.80 bits per heavy atom. The highest BCUT2D eigenvalue weighted by molar-refractivity contribution is 7.18. The van der Waals surface area contributed by atoms with Crippen LogP contribution in [0.2, 0.25) is 0 Å². The first-order valence-corrected chi connectivity index (χ1v) is 12.1. The van der Waals surface area contributed by atoms with Crippen molar-refractivity contribution in [2.75, 3.05) is 20.3 Å². The third kappa shape index (κ3) is 4.69. The molecule has 5 aromatic rings. The number of fused-ring (bicyclic) bond motifs is 3. The van der Waals surface area contributed by atoms with E-state index in [4.69, 9.17) is 9.47 Å². The number of nitrogens with zero attached hydrogens (tertiary/aromatic N) is 1. The highest BCUT2D eigenvalue weighted by Crippen LogP contribution is 2.29. The summed E-state index contributed by atoms with van der Waals surface area (Å²) in [7, 11) is 1.59. The summed E-state index contributed by atoms with van der Waals surface area (Å²) in [6, 6.07) is 23.1. The Morgan fingerprint density at radius 3 is 2.57 bits per heavy atom. The zero-order chi connectivity index (χ0) is 24.2. The van der Waals surface area contributed by atoms with E-state index in [0.29, 0.717) is 30.9 Å². The van der Waals surface area contributed by atoms with Crippen molar-refractivity contribution in [3.8, 4) is 16.9 Å². The van der Waals surface area contributed by atoms with Crippen molar-refractivity contribution in [1.29, 1.82) is 0 Å². The van der Waals surface area contributed by atoms with Crippen LogP contribution >= 0.6 is 11.3 Å². The molecule has 0 spiro atoms. The number of carbonyl (C=O) groups is 1. The summed E-state index contributed by atoms with van der Waals surface area (Å²) in [6.45, 7) is 1.29. The van der Waals surface area contributed by atoms with Crippen LogP contribution in [-0.4, -0.2) is 30.6 Å². The third-order valence-corrected chi connectivity index (χ3v) is 6.75. The normalized spacial score (nSPS) is 11.1. The van der Waals surface area contributed by atoms with Crippen LogP contribution in [0.1, 0.15) is 15.9 Å². The number of rotatable bonds is 8. The number of nitrogens with one attached hydrogen (secondary N) is 1. The lowest BCUT2D eigenvalue weighted by molar-refractivity contribution is 0.0938. The summed E-state index contributed by atoms with van der Waals surface area (Å²) in [5.41, 5.74) is 3.49. The molecule has 0 aliphatic heterocycles. The van der Waals surface area contributed by atoms with Gasteiger partial charge in [-0.15, -0.1) is 11.3 Å². The highest BCUT2D eigenvalue weighted by atomic mass is 32.1. The number of carbonyl (C=O) groups excluding carboxylic acids is 1. The van der Waals surface area contributed by atoms with Crippen LogP contribution < -0.4 is 15.6 Å². The van der Waals surface area contributed by atoms with Gasteiger partial charge in [0.15, 0.2) is 0 Å². The topological polar surface area (TPSA) is 69.0 Å². The van der Waals surface area contributed by atoms with E-state index < -0.39 is 0 Å². The molecule has 0 atom stereocenters. The van der Waals surface area contributed by atoms with Gasteiger partial charge in [-0.05, 0) is 46.8 Å². The molecule has 0 unspecified atom stereocenters. The number of ether oxygens (including phenoxy) is 2. The molecule has 0 aliphatic carbocycles. The largest absolute Gasteiger partial charge is 0.489 e. The van der Waals surface area contributed by atoms with Crippen molar-refractivity contribution >= 4 is 32.8 Å². The molecule has 176 valence electrons. The number of methoxy groups -OCH3 is 1. The number of thiophene rings is 1. The van der Waals surface area contributed by atoms with Crippen LogP contribution in [0.25, 0.3) is 26.7 Å². The van der Waals surface area contributed by atoms with Crippen LogP contribution in [0, 0.1) is 0 Å². The lowest BCUT2D eigenvalue weighted by Gasteiger charge is -2.11. The number of hydrogen-bond acceptors (Lipinski definition) is 5. The second-order valence-corrected chi connectivity index (χ2v) is 8.98. The van der Waals surface area contributed by atoms with Gasteiger partial charge in [-0.2, -0.15) is 0 Å². The van der Waals surface area contributed by atoms with Gasteiger partial charge in [0, 0.05) is 30.8 Å². The lowest BCUT2D eigenvalue weighted by atomic mass is 10.1. The van der Waals surface area contributed by atoms with Crippen molar-refractivity contribution in [3.63, 3.8) is 0 Å². The molecule has 1 N–H and O–H groups in total. The van der Waals surface area contributed by atoms with E-state index in [2.05, 4.69) is 5.32 Å². The minimum Gasteiger partial charge on any atom is -0.489 e. The van der Waals surface area contributed by atoms with Gasteiger partial charge >= 0.3 is 0 Å². The van der Waals surface area contributed by atoms with Gasteiger partial charge in [0.1, 0.15) is 12.4 Å². The predicted octanol–water partition coefficient (Wildman–Crippen LogP) is 5.14. The molecular formula is C28H24N2O4S. The molecule has 6 nitrogen and oxygen atoms in total. The van der Waals surface area contributed by atoms with Gasteiger partial charge in [0.2, 0.25) is 0 Å². The number of hydrogen-bond donors (Lipinski definition) is 1. The maximum absolute atomic E-state index is 13.5. The van der Waals surface area contributed by atoms with Crippen molar-refractivity contribution < 1.29 is 14.3 Å². The average molecular weight is 485 g/mol. The van der Waals surface area contributed by atoms with E-state index in [0.717, 1.165) is 32.5 Å². The molecule has 0 aliphatic rings. The Hall–Kier alpha value is -3.94. The fourth-order valence-corrected chi connectivity index (χ4v) is 4.95. The van der Waals surface area contributed by atoms with Gasteiger partial charge in [-0.25, -0.2) is 0 Å². The van der Waals surface area contributed by atoms with Gasteiger partial charge in [-0.3, -0.25) is 14.0 Å². The predicted molar refractivity (Wildman–Crippen MR) is 139 cm³/mol. The molecule has 5 rings (SSSR count). The summed E-state index contributed by atoms with van der Waals surface area (Å²) < 4.78 is 13.4. The second kappa shape index (κ2) is 10.1. The molecule has 1 amide bonds. The SMILES string of the molecule is COCCNC(=O)c1cn2c(=O)c(-c3ccc(OCc4ccccc4)cc3)ccc2c2sccc12. The number of benzene rings is 2. The summed E-state index contributed by atoms with van der Waals surface area (Å²) >= 11 is 1.51. The van der Waals surface area contributed by atoms with Crippen molar-refractivity contribution in [2.24, 2.45) is 0 Å². The molecule has 0 saturated carbocycles. The van der Waals surface area contributed by atoms with E-state index in [1.165, 1.54) is 11.3 Å². The summed E-state index contributed by atoms with van der Waals surface area (Å²) in [5.74, 6) is 0.498. The zero-order valence-electron chi connectivity index (χ0n) is 19.2. The van der Waals surface area contributed by atoms with E-state index in [-0.39, 0.29) is 11.5 Å². The van der Waals surface area contributed by atoms with E-state index >= 15 is 0 Å². The van der Waals surface area contributed by atoms with Crippen LogP contribution in [0.3, 0.4) is 0 Å². The van der Waals surface area contributed by atoms with Crippen molar-refractivity contribution in [3.05, 3.63) is 106 Å². The monoisotopic (exact) mass is 484 g/mol. The van der Waals surface area contributed by atoms with E-state index in [9.17, 15) is 9.59 Å². The van der Waals surface area contributed by atoms with Gasteiger partial charge in [-0.1, -0.05) is 42.5 Å². The van der Waals surface area contributed by atoms with Gasteiger partial charge in [0.25, 0.3) is 11.5 Å². The maximum atomic E-state index is 13.5. The first-order valence-electron chi connectivity index (χ1n) is 11.3. The molecule has 0 fully saturated rings. The Labute approximate surface area is 206 Å². The van der Waals surface area contributed by atoms with E-state index in [1.807, 2.05) is 78.2 Å². The van der Waals surface area contributed by atoms with Crippen LogP contribution in [0.4, 0.5) is 0 Å². The molecule has 0 bridgehead atoms. The summed E-state index contributed by atoms with van der Waals surface area (Å²) in [5, 5.41) is 5.62. The third-order valence-electron chi connectivity index (χ3n) is 5.81. The Balaban J connectivity index is 1.47. The van der Waals surface area contributed by atoms with Gasteiger partial charge < -0.3 is 14.8 Å². The van der Waals surface area contributed by atoms with Crippen molar-refractivity contribution in [2.45, 2.75) is 6.61 Å². The maximum Gasteiger partial charge on any atom is 0.263 e. The first-order chi connectivity index (χ1) is 17.2. The molecule has 3 heterocycles. The number of aromatic nitrogens is 1. The van der Waals surface area contributed by atoms with Crippen LogP contribution in [-0.2, 0) is 11.3 Å². The molecule has 7 heteroatoms. The average Bonchev–Trinajstić information content (AvgIpc) is 3.39. The van der Waals surface area contributed by atoms with Crippen LogP contribution in [0.5, 0.6) is 5.75 Å². The lowest BCUT2D eigenvalue weighted by Crippen LogP contribution is -2.28. The molecule has 35 heavy (non-hydrogen) atoms. The molecule has 0 saturated heterocycles. The Morgan fingerprint density at radius 1 is 1.00 bits per heavy atom. The number of amides is 1.